The predicted molar refractivity (Wildman–Crippen MR) is 70.0 cm³/mol. The second-order valence-corrected chi connectivity index (χ2v) is 6.57. The average molecular weight is 285 g/mol. The van der Waals surface area contributed by atoms with E-state index in [2.05, 4.69) is 0 Å². The maximum absolute atomic E-state index is 12.9. The summed E-state index contributed by atoms with van der Waals surface area (Å²) in [4.78, 5) is 10.8. The first kappa shape index (κ1) is 14.1. The standard InChI is InChI=1S/C12H16NO5P/c1-17-10-3-5-11(6-4-10)19(16)13(9-12(14)15)7-2-8-18-19/h3-6H,2,7-9H2,1H3,(H,14,15). The van der Waals surface area contributed by atoms with Crippen molar-refractivity contribution in [1.29, 1.82) is 0 Å². The van der Waals surface area contributed by atoms with E-state index in [1.54, 1.807) is 31.4 Å². The van der Waals surface area contributed by atoms with E-state index >= 15 is 0 Å². The lowest BCUT2D eigenvalue weighted by Crippen LogP contribution is -2.36. The van der Waals surface area contributed by atoms with Crippen LogP contribution in [-0.4, -0.2) is 42.6 Å². The van der Waals surface area contributed by atoms with Gasteiger partial charge in [0, 0.05) is 6.54 Å². The Hall–Kier alpha value is -1.36. The van der Waals surface area contributed by atoms with Crippen molar-refractivity contribution in [2.75, 3.05) is 26.8 Å². The molecule has 1 saturated heterocycles. The van der Waals surface area contributed by atoms with Gasteiger partial charge in [-0.05, 0) is 30.7 Å². The van der Waals surface area contributed by atoms with Crippen LogP contribution >= 0.6 is 7.52 Å². The van der Waals surface area contributed by atoms with Crippen LogP contribution < -0.4 is 10.0 Å². The van der Waals surface area contributed by atoms with Gasteiger partial charge in [0.1, 0.15) is 12.3 Å². The fraction of sp³-hybridized carbons (Fsp3) is 0.417. The summed E-state index contributed by atoms with van der Waals surface area (Å²) in [7, 11) is -1.72. The molecule has 1 fully saturated rings. The highest BCUT2D eigenvalue weighted by Gasteiger charge is 2.37. The van der Waals surface area contributed by atoms with Gasteiger partial charge in [0.2, 0.25) is 0 Å². The highest BCUT2D eigenvalue weighted by Crippen LogP contribution is 2.51. The molecule has 104 valence electrons. The van der Waals surface area contributed by atoms with Crippen molar-refractivity contribution in [3.63, 3.8) is 0 Å². The first-order valence-corrected chi connectivity index (χ1v) is 7.50. The van der Waals surface area contributed by atoms with Crippen LogP contribution in [0.2, 0.25) is 0 Å². The third-order valence-electron chi connectivity index (χ3n) is 2.92. The van der Waals surface area contributed by atoms with Crippen molar-refractivity contribution in [2.45, 2.75) is 6.42 Å². The summed E-state index contributed by atoms with van der Waals surface area (Å²) in [5.41, 5.74) is 0. The lowest BCUT2D eigenvalue weighted by Gasteiger charge is -2.34. The topological polar surface area (TPSA) is 76.1 Å². The van der Waals surface area contributed by atoms with Gasteiger partial charge in [-0.1, -0.05) is 0 Å². The number of methoxy groups -OCH3 is 1. The summed E-state index contributed by atoms with van der Waals surface area (Å²) < 4.78 is 24.8. The van der Waals surface area contributed by atoms with E-state index in [9.17, 15) is 9.36 Å². The minimum atomic E-state index is -3.26. The van der Waals surface area contributed by atoms with E-state index < -0.39 is 13.5 Å². The maximum Gasteiger partial charge on any atom is 0.318 e. The van der Waals surface area contributed by atoms with E-state index in [0.717, 1.165) is 0 Å². The summed E-state index contributed by atoms with van der Waals surface area (Å²) in [6.45, 7) is 0.540. The summed E-state index contributed by atoms with van der Waals surface area (Å²) in [6, 6.07) is 6.68. The second-order valence-electron chi connectivity index (χ2n) is 4.19. The lowest BCUT2D eigenvalue weighted by atomic mass is 10.3. The molecule has 0 bridgehead atoms. The molecule has 0 radical (unpaired) electrons. The second kappa shape index (κ2) is 5.74. The smallest absolute Gasteiger partial charge is 0.318 e. The van der Waals surface area contributed by atoms with E-state index in [1.807, 2.05) is 0 Å². The molecule has 1 aliphatic heterocycles. The van der Waals surface area contributed by atoms with E-state index in [0.29, 0.717) is 30.6 Å². The molecule has 19 heavy (non-hydrogen) atoms. The molecule has 0 spiro atoms. The fourth-order valence-corrected chi connectivity index (χ4v) is 4.24. The molecule has 0 saturated carbocycles. The van der Waals surface area contributed by atoms with E-state index in [-0.39, 0.29) is 6.54 Å². The summed E-state index contributed by atoms with van der Waals surface area (Å²) in [5.74, 6) is -0.364. The van der Waals surface area contributed by atoms with Crippen LogP contribution in [0.5, 0.6) is 5.75 Å². The van der Waals surface area contributed by atoms with Gasteiger partial charge in [-0.25, -0.2) is 4.67 Å². The first-order valence-electron chi connectivity index (χ1n) is 5.92. The predicted octanol–water partition coefficient (Wildman–Crippen LogP) is 1.32. The number of ether oxygens (including phenoxy) is 1. The van der Waals surface area contributed by atoms with E-state index in [4.69, 9.17) is 14.4 Å². The molecular formula is C12H16NO5P. The molecule has 1 atom stereocenters. The van der Waals surface area contributed by atoms with Crippen LogP contribution in [-0.2, 0) is 13.9 Å². The Morgan fingerprint density at radius 1 is 1.47 bits per heavy atom. The molecule has 0 aliphatic carbocycles. The molecule has 7 heteroatoms. The first-order chi connectivity index (χ1) is 9.06. The van der Waals surface area contributed by atoms with Crippen molar-refractivity contribution >= 4 is 18.8 Å². The van der Waals surface area contributed by atoms with Gasteiger partial charge < -0.3 is 14.4 Å². The zero-order valence-electron chi connectivity index (χ0n) is 10.6. The number of aliphatic carboxylic acids is 1. The number of nitrogens with zero attached hydrogens (tertiary/aromatic N) is 1. The largest absolute Gasteiger partial charge is 0.497 e. The van der Waals surface area contributed by atoms with Crippen LogP contribution in [0.3, 0.4) is 0 Å². The van der Waals surface area contributed by atoms with Gasteiger partial charge >= 0.3 is 13.5 Å². The number of rotatable bonds is 4. The Labute approximate surface area is 111 Å². The van der Waals surface area contributed by atoms with E-state index in [1.165, 1.54) is 4.67 Å². The zero-order chi connectivity index (χ0) is 13.9. The summed E-state index contributed by atoms with van der Waals surface area (Å²) in [6.07, 6.45) is 0.674. The van der Waals surface area contributed by atoms with Crippen molar-refractivity contribution in [3.8, 4) is 5.75 Å². The highest BCUT2D eigenvalue weighted by atomic mass is 31.2. The Balaban J connectivity index is 2.30. The molecule has 2 rings (SSSR count). The minimum Gasteiger partial charge on any atom is -0.497 e. The molecule has 1 aromatic rings. The normalized spacial score (nSPS) is 24.1. The molecular weight excluding hydrogens is 269 g/mol. The number of carbonyl (C=O) groups is 1. The fourth-order valence-electron chi connectivity index (χ4n) is 1.99. The Morgan fingerprint density at radius 3 is 2.74 bits per heavy atom. The van der Waals surface area contributed by atoms with Crippen molar-refractivity contribution in [1.82, 2.24) is 4.67 Å². The molecule has 0 amide bonds. The Morgan fingerprint density at radius 2 is 2.16 bits per heavy atom. The molecule has 1 N–H and O–H groups in total. The van der Waals surface area contributed by atoms with Gasteiger partial charge in [-0.2, -0.15) is 0 Å². The van der Waals surface area contributed by atoms with Crippen LogP contribution in [0.15, 0.2) is 24.3 Å². The maximum atomic E-state index is 12.9. The third kappa shape index (κ3) is 2.97. The molecule has 1 aliphatic rings. The highest BCUT2D eigenvalue weighted by molar-refractivity contribution is 7.64. The van der Waals surface area contributed by atoms with Gasteiger partial charge in [0.25, 0.3) is 0 Å². The van der Waals surface area contributed by atoms with Gasteiger partial charge in [-0.15, -0.1) is 0 Å². The van der Waals surface area contributed by atoms with Crippen molar-refractivity contribution < 1.29 is 23.7 Å². The number of hydrogen-bond acceptors (Lipinski definition) is 4. The quantitative estimate of drug-likeness (QED) is 0.841. The zero-order valence-corrected chi connectivity index (χ0v) is 11.5. The average Bonchev–Trinajstić information content (AvgIpc) is 2.41. The van der Waals surface area contributed by atoms with Crippen LogP contribution in [0.4, 0.5) is 0 Å². The Kier molecular flexibility index (Phi) is 4.24. The lowest BCUT2D eigenvalue weighted by molar-refractivity contribution is -0.137. The number of carboxylic acid groups (broad SMARTS) is 1. The molecule has 6 nitrogen and oxygen atoms in total. The molecule has 1 aromatic carbocycles. The van der Waals surface area contributed by atoms with Gasteiger partial charge in [0.15, 0.2) is 0 Å². The number of benzene rings is 1. The SMILES string of the molecule is COc1ccc(P2(=O)OCCCN2CC(=O)O)cc1. The van der Waals surface area contributed by atoms with Crippen molar-refractivity contribution in [2.24, 2.45) is 0 Å². The van der Waals surface area contributed by atoms with Crippen LogP contribution in [0.25, 0.3) is 0 Å². The number of hydrogen-bond donors (Lipinski definition) is 1. The number of carboxylic acids is 1. The molecule has 0 aromatic heterocycles. The van der Waals surface area contributed by atoms with Crippen molar-refractivity contribution in [3.05, 3.63) is 24.3 Å². The summed E-state index contributed by atoms with van der Waals surface area (Å²) in [5, 5.41) is 9.38. The third-order valence-corrected chi connectivity index (χ3v) is 5.49. The monoisotopic (exact) mass is 285 g/mol. The van der Waals surface area contributed by atoms with Crippen LogP contribution in [0.1, 0.15) is 6.42 Å². The van der Waals surface area contributed by atoms with Gasteiger partial charge in [-0.3, -0.25) is 9.36 Å². The molecule has 1 heterocycles. The Bertz CT molecular complexity index is 501. The minimum absolute atomic E-state index is 0.288. The van der Waals surface area contributed by atoms with Gasteiger partial charge in [0.05, 0.1) is 19.0 Å². The molecule has 1 unspecified atom stereocenters. The van der Waals surface area contributed by atoms with Crippen LogP contribution in [0, 0.1) is 0 Å². The summed E-state index contributed by atoms with van der Waals surface area (Å²) >= 11 is 0.